The van der Waals surface area contributed by atoms with Gasteiger partial charge in [-0.2, -0.15) is 0 Å². The van der Waals surface area contributed by atoms with Crippen LogP contribution in [-0.2, 0) is 0 Å². The van der Waals surface area contributed by atoms with Crippen LogP contribution in [0.3, 0.4) is 0 Å². The van der Waals surface area contributed by atoms with Gasteiger partial charge in [-0.25, -0.2) is 0 Å². The lowest BCUT2D eigenvalue weighted by Gasteiger charge is -2.42. The summed E-state index contributed by atoms with van der Waals surface area (Å²) in [5.74, 6) is 0.612. The molecule has 0 amide bonds. The molecule has 1 nitrogen and oxygen atoms in total. The van der Waals surface area contributed by atoms with Crippen molar-refractivity contribution in [1.29, 1.82) is 0 Å². The lowest BCUT2D eigenvalue weighted by Crippen LogP contribution is -2.65. The Hall–Kier alpha value is -1.38. The van der Waals surface area contributed by atoms with Crippen LogP contribution in [0.25, 0.3) is 0 Å². The standard InChI is InChI=1S/C20H28OSi/c1-5-17(2)16-20(3,4)22(21,18-12-8-6-9-13-18)19-14-10-7-11-15-19/h6-15,17,21H,5,16H2,1-4H3. The fraction of sp³-hybridized carbons (Fsp3) is 0.400. The number of hydrogen-bond donors (Lipinski definition) is 1. The van der Waals surface area contributed by atoms with Crippen LogP contribution < -0.4 is 10.4 Å². The van der Waals surface area contributed by atoms with Gasteiger partial charge in [-0.05, 0) is 27.8 Å². The van der Waals surface area contributed by atoms with E-state index in [1.807, 2.05) is 36.4 Å². The van der Waals surface area contributed by atoms with Crippen molar-refractivity contribution in [3.63, 3.8) is 0 Å². The van der Waals surface area contributed by atoms with Gasteiger partial charge in [0.2, 0.25) is 0 Å². The predicted molar refractivity (Wildman–Crippen MR) is 98.2 cm³/mol. The first-order chi connectivity index (χ1) is 10.4. The highest BCUT2D eigenvalue weighted by atomic mass is 28.4. The van der Waals surface area contributed by atoms with Crippen LogP contribution in [0.4, 0.5) is 0 Å². The fourth-order valence-electron chi connectivity index (χ4n) is 3.47. The largest absolute Gasteiger partial charge is 0.424 e. The summed E-state index contributed by atoms with van der Waals surface area (Å²) < 4.78 is 0. The Morgan fingerprint density at radius 1 is 0.909 bits per heavy atom. The molecule has 0 aliphatic heterocycles. The Morgan fingerprint density at radius 3 is 1.68 bits per heavy atom. The second-order valence-electron chi connectivity index (χ2n) is 7.04. The normalized spacial score (nSPS) is 13.9. The third kappa shape index (κ3) is 3.18. The van der Waals surface area contributed by atoms with Crippen LogP contribution in [-0.4, -0.2) is 13.1 Å². The molecule has 0 aromatic heterocycles. The molecule has 22 heavy (non-hydrogen) atoms. The van der Waals surface area contributed by atoms with E-state index >= 15 is 0 Å². The van der Waals surface area contributed by atoms with Crippen molar-refractivity contribution < 1.29 is 4.80 Å². The lowest BCUT2D eigenvalue weighted by molar-refractivity contribution is 0.393. The summed E-state index contributed by atoms with van der Waals surface area (Å²) in [5, 5.41) is 2.09. The molecule has 2 rings (SSSR count). The lowest BCUT2D eigenvalue weighted by atomic mass is 9.96. The van der Waals surface area contributed by atoms with Gasteiger partial charge in [-0.1, -0.05) is 94.8 Å². The molecule has 0 aliphatic rings. The molecule has 0 spiro atoms. The molecule has 0 aliphatic carbocycles. The molecule has 0 radical (unpaired) electrons. The summed E-state index contributed by atoms with van der Waals surface area (Å²) in [4.78, 5) is 12.0. The SMILES string of the molecule is CCC(C)CC(C)(C)[Si](O)(c1ccccc1)c1ccccc1. The average Bonchev–Trinajstić information content (AvgIpc) is 2.55. The van der Waals surface area contributed by atoms with Gasteiger partial charge in [-0.3, -0.25) is 0 Å². The van der Waals surface area contributed by atoms with Crippen LogP contribution in [0.5, 0.6) is 0 Å². The smallest absolute Gasteiger partial charge is 0.258 e. The van der Waals surface area contributed by atoms with E-state index in [-0.39, 0.29) is 5.04 Å². The molecule has 2 heteroatoms. The van der Waals surface area contributed by atoms with Gasteiger partial charge in [0.25, 0.3) is 8.32 Å². The molecule has 0 saturated heterocycles. The summed E-state index contributed by atoms with van der Waals surface area (Å²) in [5.41, 5.74) is 0. The summed E-state index contributed by atoms with van der Waals surface area (Å²) in [6.07, 6.45) is 2.19. The minimum Gasteiger partial charge on any atom is -0.424 e. The third-order valence-corrected chi connectivity index (χ3v) is 9.42. The molecule has 1 unspecified atom stereocenters. The summed E-state index contributed by atoms with van der Waals surface area (Å²) in [6, 6.07) is 20.6. The zero-order valence-corrected chi connectivity index (χ0v) is 15.2. The van der Waals surface area contributed by atoms with Gasteiger partial charge >= 0.3 is 0 Å². The van der Waals surface area contributed by atoms with Gasteiger partial charge in [-0.15, -0.1) is 0 Å². The highest BCUT2D eigenvalue weighted by molar-refractivity contribution is 6.98. The first kappa shape index (κ1) is 17.0. The van der Waals surface area contributed by atoms with Crippen molar-refractivity contribution in [3.8, 4) is 0 Å². The number of rotatable bonds is 6. The maximum Gasteiger partial charge on any atom is 0.258 e. The molecule has 1 atom stereocenters. The Labute approximate surface area is 136 Å². The van der Waals surface area contributed by atoms with Crippen molar-refractivity contribution in [3.05, 3.63) is 60.7 Å². The topological polar surface area (TPSA) is 20.2 Å². The summed E-state index contributed by atoms with van der Waals surface area (Å²) >= 11 is 0. The molecule has 0 fully saturated rings. The second-order valence-corrected chi connectivity index (χ2v) is 11.0. The van der Waals surface area contributed by atoms with Gasteiger partial charge < -0.3 is 4.80 Å². The zero-order chi connectivity index (χ0) is 16.2. The van der Waals surface area contributed by atoms with Crippen LogP contribution in [0.15, 0.2) is 60.7 Å². The minimum atomic E-state index is -2.81. The molecule has 118 valence electrons. The van der Waals surface area contributed by atoms with E-state index < -0.39 is 8.32 Å². The zero-order valence-electron chi connectivity index (χ0n) is 14.2. The number of benzene rings is 2. The van der Waals surface area contributed by atoms with Crippen molar-refractivity contribution in [1.82, 2.24) is 0 Å². The fourth-order valence-corrected chi connectivity index (χ4v) is 7.36. The molecule has 2 aromatic carbocycles. The minimum absolute atomic E-state index is 0.120. The van der Waals surface area contributed by atoms with Crippen LogP contribution in [0.1, 0.15) is 40.5 Å². The van der Waals surface area contributed by atoms with Crippen molar-refractivity contribution >= 4 is 18.7 Å². The number of hydrogen-bond acceptors (Lipinski definition) is 1. The van der Waals surface area contributed by atoms with Crippen LogP contribution in [0.2, 0.25) is 5.04 Å². The first-order valence-corrected chi connectivity index (χ1v) is 10.2. The van der Waals surface area contributed by atoms with Crippen molar-refractivity contribution in [2.45, 2.75) is 45.6 Å². The van der Waals surface area contributed by atoms with Crippen LogP contribution >= 0.6 is 0 Å². The molecule has 1 N–H and O–H groups in total. The maximum absolute atomic E-state index is 12.0. The molecule has 2 aromatic rings. The highest BCUT2D eigenvalue weighted by Crippen LogP contribution is 2.41. The van der Waals surface area contributed by atoms with E-state index in [1.165, 1.54) is 0 Å². The van der Waals surface area contributed by atoms with Crippen molar-refractivity contribution in [2.75, 3.05) is 0 Å². The van der Waals surface area contributed by atoms with E-state index in [2.05, 4.69) is 52.0 Å². The van der Waals surface area contributed by atoms with E-state index in [0.29, 0.717) is 5.92 Å². The van der Waals surface area contributed by atoms with E-state index in [9.17, 15) is 4.80 Å². The van der Waals surface area contributed by atoms with E-state index in [4.69, 9.17) is 0 Å². The van der Waals surface area contributed by atoms with Crippen LogP contribution in [0, 0.1) is 5.92 Å². The summed E-state index contributed by atoms with van der Waals surface area (Å²) in [7, 11) is -2.81. The third-order valence-electron chi connectivity index (χ3n) is 4.92. The van der Waals surface area contributed by atoms with Gasteiger partial charge in [0.1, 0.15) is 0 Å². The second kappa shape index (κ2) is 6.80. The Kier molecular flexibility index (Phi) is 5.25. The first-order valence-electron chi connectivity index (χ1n) is 8.25. The quantitative estimate of drug-likeness (QED) is 0.801. The van der Waals surface area contributed by atoms with Crippen molar-refractivity contribution in [2.24, 2.45) is 5.92 Å². The van der Waals surface area contributed by atoms with Gasteiger partial charge in [0.05, 0.1) is 0 Å². The highest BCUT2D eigenvalue weighted by Gasteiger charge is 2.49. The predicted octanol–water partition coefficient (Wildman–Crippen LogP) is 3.96. The average molecular weight is 313 g/mol. The maximum atomic E-state index is 12.0. The Balaban J connectivity index is 2.56. The molecule has 0 bridgehead atoms. The Bertz CT molecular complexity index is 538. The Morgan fingerprint density at radius 2 is 1.32 bits per heavy atom. The molecular formula is C20H28OSi. The summed E-state index contributed by atoms with van der Waals surface area (Å²) in [6.45, 7) is 9.00. The molecular weight excluding hydrogens is 284 g/mol. The van der Waals surface area contributed by atoms with Gasteiger partial charge in [0.15, 0.2) is 0 Å². The molecule has 0 saturated carbocycles. The molecule has 0 heterocycles. The van der Waals surface area contributed by atoms with Gasteiger partial charge in [0, 0.05) is 0 Å². The monoisotopic (exact) mass is 312 g/mol. The van der Waals surface area contributed by atoms with E-state index in [0.717, 1.165) is 23.2 Å². The van der Waals surface area contributed by atoms with E-state index in [1.54, 1.807) is 0 Å².